The first kappa shape index (κ1) is 25.8. The molecule has 2 saturated heterocycles. The summed E-state index contributed by atoms with van der Waals surface area (Å²) in [7, 11) is 1.73. The average molecular weight is 498 g/mol. The van der Waals surface area contributed by atoms with E-state index in [0.29, 0.717) is 50.9 Å². The summed E-state index contributed by atoms with van der Waals surface area (Å²) in [5, 5.41) is 10.1. The molecule has 3 heterocycles. The lowest BCUT2D eigenvalue weighted by atomic mass is 10.0. The molecule has 194 valence electrons. The van der Waals surface area contributed by atoms with Gasteiger partial charge in [-0.15, -0.1) is 5.10 Å². The zero-order chi connectivity index (χ0) is 25.7. The molecular weight excluding hydrogens is 462 g/mol. The molecule has 3 amide bonds. The standard InChI is InChI=1S/C25H35N7O4/c1-17-13-31(9-10-32(14-17)25(35)23-27-16-30(3)29-23)22(24(34)26-12-19-8-11-36-15-19)20-4-6-21(7-5-20)28-18(2)33/h4-7,16-17,19,22H,8-15H2,1-3H3,(H,26,34)(H,28,33). The summed E-state index contributed by atoms with van der Waals surface area (Å²) in [5.74, 6) is 0.207. The Labute approximate surface area is 211 Å². The molecule has 0 spiro atoms. The molecule has 0 radical (unpaired) electrons. The molecule has 2 aliphatic rings. The Morgan fingerprint density at radius 2 is 1.94 bits per heavy atom. The van der Waals surface area contributed by atoms with Crippen LogP contribution in [-0.4, -0.2) is 88.2 Å². The van der Waals surface area contributed by atoms with Gasteiger partial charge >= 0.3 is 0 Å². The second-order valence-electron chi connectivity index (χ2n) is 9.77. The summed E-state index contributed by atoms with van der Waals surface area (Å²) in [5.41, 5.74) is 1.51. The Morgan fingerprint density at radius 1 is 1.17 bits per heavy atom. The highest BCUT2D eigenvalue weighted by atomic mass is 16.5. The summed E-state index contributed by atoms with van der Waals surface area (Å²) in [6, 6.07) is 6.86. The van der Waals surface area contributed by atoms with Gasteiger partial charge in [-0.25, -0.2) is 4.98 Å². The van der Waals surface area contributed by atoms with Crippen LogP contribution in [0.4, 0.5) is 5.69 Å². The third kappa shape index (κ3) is 6.46. The van der Waals surface area contributed by atoms with E-state index in [2.05, 4.69) is 32.5 Å². The van der Waals surface area contributed by atoms with E-state index in [9.17, 15) is 14.4 Å². The van der Waals surface area contributed by atoms with Crippen molar-refractivity contribution in [3.8, 4) is 0 Å². The fourth-order valence-electron chi connectivity index (χ4n) is 4.83. The van der Waals surface area contributed by atoms with Gasteiger partial charge in [-0.05, 0) is 30.0 Å². The third-order valence-electron chi connectivity index (χ3n) is 6.56. The first-order chi connectivity index (χ1) is 17.3. The molecule has 0 saturated carbocycles. The van der Waals surface area contributed by atoms with Crippen LogP contribution in [0.25, 0.3) is 0 Å². The molecule has 2 fully saturated rings. The molecule has 2 N–H and O–H groups in total. The molecule has 3 atom stereocenters. The summed E-state index contributed by atoms with van der Waals surface area (Å²) < 4.78 is 6.97. The first-order valence-electron chi connectivity index (χ1n) is 12.4. The Balaban J connectivity index is 1.52. The van der Waals surface area contributed by atoms with Crippen LogP contribution < -0.4 is 10.6 Å². The van der Waals surface area contributed by atoms with Gasteiger partial charge in [0.25, 0.3) is 5.91 Å². The molecule has 0 aliphatic carbocycles. The second kappa shape index (κ2) is 11.6. The number of hydrogen-bond acceptors (Lipinski definition) is 7. The number of amides is 3. The van der Waals surface area contributed by atoms with Gasteiger partial charge in [0.2, 0.25) is 17.6 Å². The zero-order valence-electron chi connectivity index (χ0n) is 21.1. The maximum Gasteiger partial charge on any atom is 0.293 e. The van der Waals surface area contributed by atoms with E-state index in [1.807, 2.05) is 24.3 Å². The summed E-state index contributed by atoms with van der Waals surface area (Å²) in [6.45, 7) is 7.70. The lowest BCUT2D eigenvalue weighted by Crippen LogP contribution is -2.44. The van der Waals surface area contributed by atoms with E-state index < -0.39 is 6.04 Å². The number of rotatable bonds is 7. The molecule has 0 bridgehead atoms. The van der Waals surface area contributed by atoms with Gasteiger partial charge in [0.15, 0.2) is 0 Å². The fourth-order valence-corrected chi connectivity index (χ4v) is 4.83. The van der Waals surface area contributed by atoms with Crippen LogP contribution in [0.1, 0.15) is 42.5 Å². The molecule has 3 unspecified atom stereocenters. The van der Waals surface area contributed by atoms with E-state index in [1.54, 1.807) is 11.9 Å². The summed E-state index contributed by atoms with van der Waals surface area (Å²) in [6.07, 6.45) is 2.46. The molecule has 1 aromatic heterocycles. The van der Waals surface area contributed by atoms with Gasteiger partial charge < -0.3 is 20.3 Å². The third-order valence-corrected chi connectivity index (χ3v) is 6.56. The van der Waals surface area contributed by atoms with Gasteiger partial charge in [-0.2, -0.15) is 0 Å². The number of anilines is 1. The van der Waals surface area contributed by atoms with Crippen molar-refractivity contribution >= 4 is 23.4 Å². The van der Waals surface area contributed by atoms with E-state index in [4.69, 9.17) is 4.74 Å². The fraction of sp³-hybridized carbons (Fsp3) is 0.560. The number of aromatic nitrogens is 3. The van der Waals surface area contributed by atoms with Gasteiger partial charge in [0.1, 0.15) is 12.4 Å². The smallest absolute Gasteiger partial charge is 0.293 e. The highest BCUT2D eigenvalue weighted by Gasteiger charge is 2.33. The number of ether oxygens (including phenoxy) is 1. The molecule has 2 aromatic rings. The van der Waals surface area contributed by atoms with Crippen molar-refractivity contribution in [3.63, 3.8) is 0 Å². The van der Waals surface area contributed by atoms with E-state index in [-0.39, 0.29) is 29.5 Å². The molecule has 11 heteroatoms. The van der Waals surface area contributed by atoms with Crippen molar-refractivity contribution in [2.24, 2.45) is 18.9 Å². The molecular formula is C25H35N7O4. The number of aryl methyl sites for hydroxylation is 1. The van der Waals surface area contributed by atoms with Crippen LogP contribution in [0, 0.1) is 11.8 Å². The van der Waals surface area contributed by atoms with Crippen LogP contribution in [0.15, 0.2) is 30.6 Å². The normalized spacial score (nSPS) is 21.6. The average Bonchev–Trinajstić information content (AvgIpc) is 3.48. The Morgan fingerprint density at radius 3 is 2.58 bits per heavy atom. The van der Waals surface area contributed by atoms with Gasteiger partial charge in [0.05, 0.1) is 6.61 Å². The van der Waals surface area contributed by atoms with Gasteiger partial charge in [-0.3, -0.25) is 24.0 Å². The van der Waals surface area contributed by atoms with Crippen molar-refractivity contribution < 1.29 is 19.1 Å². The number of carbonyl (C=O) groups excluding carboxylic acids is 3. The molecule has 2 aliphatic heterocycles. The largest absolute Gasteiger partial charge is 0.381 e. The number of hydrogen-bond donors (Lipinski definition) is 2. The topological polar surface area (TPSA) is 122 Å². The number of benzene rings is 1. The van der Waals surface area contributed by atoms with Crippen molar-refractivity contribution in [1.82, 2.24) is 29.9 Å². The molecule has 4 rings (SSSR count). The number of carbonyl (C=O) groups is 3. The van der Waals surface area contributed by atoms with Crippen LogP contribution >= 0.6 is 0 Å². The first-order valence-corrected chi connectivity index (χ1v) is 12.4. The minimum atomic E-state index is -0.524. The lowest BCUT2D eigenvalue weighted by Gasteiger charge is -2.31. The van der Waals surface area contributed by atoms with E-state index in [1.165, 1.54) is 17.9 Å². The van der Waals surface area contributed by atoms with Crippen molar-refractivity contribution in [2.75, 3.05) is 51.3 Å². The zero-order valence-corrected chi connectivity index (χ0v) is 21.1. The summed E-state index contributed by atoms with van der Waals surface area (Å²) in [4.78, 5) is 46.0. The highest BCUT2D eigenvalue weighted by molar-refractivity contribution is 5.90. The highest BCUT2D eigenvalue weighted by Crippen LogP contribution is 2.26. The minimum absolute atomic E-state index is 0.0763. The lowest BCUT2D eigenvalue weighted by molar-refractivity contribution is -0.127. The quantitative estimate of drug-likeness (QED) is 0.587. The predicted octanol–water partition coefficient (Wildman–Crippen LogP) is 1.06. The van der Waals surface area contributed by atoms with Crippen molar-refractivity contribution in [1.29, 1.82) is 0 Å². The van der Waals surface area contributed by atoms with E-state index in [0.717, 1.165) is 18.6 Å². The van der Waals surface area contributed by atoms with Gasteiger partial charge in [0, 0.05) is 64.9 Å². The maximum atomic E-state index is 13.6. The predicted molar refractivity (Wildman–Crippen MR) is 133 cm³/mol. The molecule has 1 aromatic carbocycles. The van der Waals surface area contributed by atoms with Crippen molar-refractivity contribution in [3.05, 3.63) is 42.0 Å². The number of nitrogens with one attached hydrogen (secondary N) is 2. The molecule has 36 heavy (non-hydrogen) atoms. The Kier molecular flexibility index (Phi) is 8.32. The maximum absolute atomic E-state index is 13.6. The Bertz CT molecular complexity index is 1060. The van der Waals surface area contributed by atoms with Crippen molar-refractivity contribution in [2.45, 2.75) is 26.3 Å². The minimum Gasteiger partial charge on any atom is -0.381 e. The van der Waals surface area contributed by atoms with Crippen LogP contribution in [0.3, 0.4) is 0 Å². The number of nitrogens with zero attached hydrogens (tertiary/aromatic N) is 5. The van der Waals surface area contributed by atoms with Crippen LogP contribution in [-0.2, 0) is 21.4 Å². The van der Waals surface area contributed by atoms with Crippen LogP contribution in [0.2, 0.25) is 0 Å². The molecule has 11 nitrogen and oxygen atoms in total. The summed E-state index contributed by atoms with van der Waals surface area (Å²) >= 11 is 0. The SMILES string of the molecule is CC(=O)Nc1ccc(C(C(=O)NCC2CCOC2)N2CCN(C(=O)c3ncn(C)n3)CC(C)C2)cc1. The Hall–Kier alpha value is -3.31. The van der Waals surface area contributed by atoms with Gasteiger partial charge in [-0.1, -0.05) is 19.1 Å². The monoisotopic (exact) mass is 497 g/mol. The van der Waals surface area contributed by atoms with E-state index >= 15 is 0 Å². The second-order valence-corrected chi connectivity index (χ2v) is 9.77. The van der Waals surface area contributed by atoms with Crippen LogP contribution in [0.5, 0.6) is 0 Å².